The number of carbonyl (C=O) groups is 2. The minimum absolute atomic E-state index is 0.00799. The summed E-state index contributed by atoms with van der Waals surface area (Å²) in [6.45, 7) is 2.06. The monoisotopic (exact) mass is 494 g/mol. The highest BCUT2D eigenvalue weighted by molar-refractivity contribution is 6.00. The van der Waals surface area contributed by atoms with Gasteiger partial charge in [0.15, 0.2) is 0 Å². The third kappa shape index (κ3) is 6.76. The van der Waals surface area contributed by atoms with E-state index < -0.39 is 12.2 Å². The molecule has 3 N–H and O–H groups in total. The highest BCUT2D eigenvalue weighted by Crippen LogP contribution is 2.29. The van der Waals surface area contributed by atoms with Crippen molar-refractivity contribution in [3.63, 3.8) is 0 Å². The summed E-state index contributed by atoms with van der Waals surface area (Å²) in [5.41, 5.74) is 1.24. The van der Waals surface area contributed by atoms with Crippen LogP contribution < -0.4 is 16.0 Å². The Labute approximate surface area is 209 Å². The maximum absolute atomic E-state index is 14.5. The van der Waals surface area contributed by atoms with Gasteiger partial charge in [0, 0.05) is 37.5 Å². The van der Waals surface area contributed by atoms with Gasteiger partial charge in [0.1, 0.15) is 29.7 Å². The van der Waals surface area contributed by atoms with Gasteiger partial charge in [-0.3, -0.25) is 4.79 Å². The van der Waals surface area contributed by atoms with E-state index in [9.17, 15) is 14.0 Å². The Bertz CT molecular complexity index is 1110. The molecule has 1 aliphatic carbocycles. The number of nitriles is 1. The zero-order valence-electron chi connectivity index (χ0n) is 20.3. The van der Waals surface area contributed by atoms with Crippen LogP contribution in [0.3, 0.4) is 0 Å². The number of rotatable bonds is 8. The zero-order valence-corrected chi connectivity index (χ0v) is 20.3. The number of ketones is 1. The van der Waals surface area contributed by atoms with E-state index in [1.807, 2.05) is 6.07 Å². The molecule has 1 amide bonds. The molecule has 2 atom stereocenters. The summed E-state index contributed by atoms with van der Waals surface area (Å²) in [5.74, 6) is 1.23. The smallest absolute Gasteiger partial charge is 0.255 e. The lowest BCUT2D eigenvalue weighted by Crippen LogP contribution is -2.41. The lowest BCUT2D eigenvalue weighted by molar-refractivity contribution is -0.118. The van der Waals surface area contributed by atoms with Crippen LogP contribution >= 0.6 is 0 Å². The van der Waals surface area contributed by atoms with Crippen molar-refractivity contribution in [3.8, 4) is 6.07 Å². The summed E-state index contributed by atoms with van der Waals surface area (Å²) in [5, 5.41) is 18.3. The molecule has 10 heteroatoms. The summed E-state index contributed by atoms with van der Waals surface area (Å²) in [4.78, 5) is 33.2. The fourth-order valence-corrected chi connectivity index (χ4v) is 4.74. The number of nitrogens with zero attached hydrogens (tertiary/aromatic N) is 3. The van der Waals surface area contributed by atoms with E-state index in [2.05, 4.69) is 25.9 Å². The fourth-order valence-electron chi connectivity index (χ4n) is 4.74. The van der Waals surface area contributed by atoms with Crippen LogP contribution in [0.5, 0.6) is 0 Å². The van der Waals surface area contributed by atoms with Crippen molar-refractivity contribution in [1.82, 2.24) is 15.3 Å². The number of anilines is 3. The number of carbonyl (C=O) groups excluding carboxylic acids is 2. The number of halogens is 1. The summed E-state index contributed by atoms with van der Waals surface area (Å²) in [6.07, 6.45) is 6.23. The molecule has 2 unspecified atom stereocenters. The van der Waals surface area contributed by atoms with Crippen molar-refractivity contribution in [1.29, 1.82) is 5.26 Å². The molecule has 2 aliphatic rings. The number of pyridine rings is 2. The van der Waals surface area contributed by atoms with E-state index in [0.717, 1.165) is 25.7 Å². The molecule has 36 heavy (non-hydrogen) atoms. The number of hydrogen-bond acceptors (Lipinski definition) is 8. The first-order chi connectivity index (χ1) is 17.4. The van der Waals surface area contributed by atoms with E-state index in [1.165, 1.54) is 12.4 Å². The predicted molar refractivity (Wildman–Crippen MR) is 133 cm³/mol. The van der Waals surface area contributed by atoms with Gasteiger partial charge >= 0.3 is 0 Å². The SMILES string of the molecule is CC(=O)CC1CCC(NC(=O)c2cnc(Nc3ccc(C#N)cn3)cc2NC2CCOCC2F)CC1. The Kier molecular flexibility index (Phi) is 8.44. The summed E-state index contributed by atoms with van der Waals surface area (Å²) >= 11 is 0. The minimum Gasteiger partial charge on any atom is -0.378 e. The standard InChI is InChI=1S/C26H31FN6O3/c1-16(34)10-17-2-5-19(6-3-17)31-26(35)20-14-30-25(33-24-7-4-18(12-28)13-29-24)11-23(20)32-22-8-9-36-15-21(22)27/h4,7,11,13-14,17,19,21-22H,2-3,5-6,8-10,15H2,1H3,(H,31,35)(H2,29,30,32,33). The van der Waals surface area contributed by atoms with Crippen LogP contribution in [0, 0.1) is 17.2 Å². The van der Waals surface area contributed by atoms with E-state index in [4.69, 9.17) is 10.00 Å². The molecule has 2 aromatic rings. The molecule has 190 valence electrons. The quantitative estimate of drug-likeness (QED) is 0.504. The van der Waals surface area contributed by atoms with Crippen molar-refractivity contribution < 1.29 is 18.7 Å². The second kappa shape index (κ2) is 11.9. The number of alkyl halides is 1. The number of Topliss-reactive ketones (excluding diaryl/α,β-unsaturated/α-hetero) is 1. The van der Waals surface area contributed by atoms with Crippen molar-refractivity contribution in [3.05, 3.63) is 41.7 Å². The molecule has 1 aliphatic heterocycles. The zero-order chi connectivity index (χ0) is 25.5. The molecule has 0 aromatic carbocycles. The number of amides is 1. The third-order valence-corrected chi connectivity index (χ3v) is 6.68. The molecule has 0 spiro atoms. The van der Waals surface area contributed by atoms with Gasteiger partial charge < -0.3 is 25.5 Å². The van der Waals surface area contributed by atoms with Crippen molar-refractivity contribution in [2.45, 2.75) is 63.7 Å². The van der Waals surface area contributed by atoms with Crippen molar-refractivity contribution >= 4 is 29.0 Å². The van der Waals surface area contributed by atoms with Crippen LogP contribution in [-0.4, -0.2) is 53.1 Å². The van der Waals surface area contributed by atoms with Gasteiger partial charge in [-0.2, -0.15) is 5.26 Å². The topological polar surface area (TPSA) is 129 Å². The summed E-state index contributed by atoms with van der Waals surface area (Å²) in [7, 11) is 0. The highest BCUT2D eigenvalue weighted by atomic mass is 19.1. The Morgan fingerprint density at radius 2 is 1.92 bits per heavy atom. The average Bonchev–Trinajstić information content (AvgIpc) is 2.87. The third-order valence-electron chi connectivity index (χ3n) is 6.68. The molecule has 1 saturated heterocycles. The highest BCUT2D eigenvalue weighted by Gasteiger charge is 2.28. The Morgan fingerprint density at radius 3 is 2.58 bits per heavy atom. The van der Waals surface area contributed by atoms with E-state index in [1.54, 1.807) is 25.1 Å². The lowest BCUT2D eigenvalue weighted by atomic mass is 9.83. The molecule has 2 fully saturated rings. The molecule has 0 radical (unpaired) electrons. The number of aromatic nitrogens is 2. The van der Waals surface area contributed by atoms with Crippen molar-refractivity contribution in [2.24, 2.45) is 5.92 Å². The predicted octanol–water partition coefficient (Wildman–Crippen LogP) is 3.90. The molecule has 9 nitrogen and oxygen atoms in total. The Balaban J connectivity index is 1.49. The first kappa shape index (κ1) is 25.5. The molecular weight excluding hydrogens is 463 g/mol. The maximum atomic E-state index is 14.5. The first-order valence-electron chi connectivity index (χ1n) is 12.3. The normalized spacial score (nSPS) is 23.8. The van der Waals surface area contributed by atoms with Crippen LogP contribution in [0.1, 0.15) is 61.4 Å². The Hall–Kier alpha value is -3.58. The van der Waals surface area contributed by atoms with Gasteiger partial charge in [-0.15, -0.1) is 0 Å². The fraction of sp³-hybridized carbons (Fsp3) is 0.500. The average molecular weight is 495 g/mol. The van der Waals surface area contributed by atoms with E-state index >= 15 is 0 Å². The number of nitrogens with one attached hydrogen (secondary N) is 3. The van der Waals surface area contributed by atoms with Crippen LogP contribution in [-0.2, 0) is 9.53 Å². The second-order valence-electron chi connectivity index (χ2n) is 9.51. The van der Waals surface area contributed by atoms with Gasteiger partial charge in [0.05, 0.1) is 29.5 Å². The van der Waals surface area contributed by atoms with Gasteiger partial charge in [0.25, 0.3) is 5.91 Å². The van der Waals surface area contributed by atoms with E-state index in [0.29, 0.717) is 53.8 Å². The molecule has 1 saturated carbocycles. The molecule has 0 bridgehead atoms. The molecule has 3 heterocycles. The minimum atomic E-state index is -1.20. The maximum Gasteiger partial charge on any atom is 0.255 e. The molecular formula is C26H31FN6O3. The largest absolute Gasteiger partial charge is 0.378 e. The number of hydrogen-bond donors (Lipinski definition) is 3. The van der Waals surface area contributed by atoms with Crippen LogP contribution in [0.25, 0.3) is 0 Å². The van der Waals surface area contributed by atoms with Crippen LogP contribution in [0.4, 0.5) is 21.7 Å². The summed E-state index contributed by atoms with van der Waals surface area (Å²) in [6, 6.07) is 6.51. The lowest BCUT2D eigenvalue weighted by Gasteiger charge is -2.30. The van der Waals surface area contributed by atoms with Gasteiger partial charge in [-0.25, -0.2) is 14.4 Å². The van der Waals surface area contributed by atoms with Gasteiger partial charge in [-0.05, 0) is 57.1 Å². The van der Waals surface area contributed by atoms with Gasteiger partial charge in [-0.1, -0.05) is 0 Å². The first-order valence-corrected chi connectivity index (χ1v) is 12.3. The van der Waals surface area contributed by atoms with Crippen LogP contribution in [0.2, 0.25) is 0 Å². The molecule has 2 aromatic heterocycles. The number of ether oxygens (including phenoxy) is 1. The van der Waals surface area contributed by atoms with Crippen LogP contribution in [0.15, 0.2) is 30.6 Å². The summed E-state index contributed by atoms with van der Waals surface area (Å²) < 4.78 is 19.7. The molecule has 4 rings (SSSR count). The second-order valence-corrected chi connectivity index (χ2v) is 9.51. The Morgan fingerprint density at radius 1 is 1.14 bits per heavy atom. The van der Waals surface area contributed by atoms with Gasteiger partial charge in [0.2, 0.25) is 0 Å². The van der Waals surface area contributed by atoms with E-state index in [-0.39, 0.29) is 24.3 Å². The van der Waals surface area contributed by atoms with Crippen molar-refractivity contribution in [2.75, 3.05) is 23.8 Å².